The highest BCUT2D eigenvalue weighted by Gasteiger charge is 2.36. The number of rotatable bonds is 4. The van der Waals surface area contributed by atoms with Crippen LogP contribution >= 0.6 is 0 Å². The molecular formula is C20H15F4N3O2. The van der Waals surface area contributed by atoms with Crippen LogP contribution in [0, 0.1) is 5.82 Å². The van der Waals surface area contributed by atoms with Gasteiger partial charge in [-0.3, -0.25) is 4.79 Å². The van der Waals surface area contributed by atoms with Crippen molar-refractivity contribution in [3.63, 3.8) is 0 Å². The summed E-state index contributed by atoms with van der Waals surface area (Å²) in [5.74, 6) is -0.309. The minimum atomic E-state index is -4.48. The zero-order chi connectivity index (χ0) is 20.6. The van der Waals surface area contributed by atoms with Gasteiger partial charge in [0.2, 0.25) is 17.6 Å². The van der Waals surface area contributed by atoms with E-state index < -0.39 is 17.8 Å². The van der Waals surface area contributed by atoms with E-state index in [-0.39, 0.29) is 42.0 Å². The van der Waals surface area contributed by atoms with Crippen LogP contribution in [0.3, 0.4) is 0 Å². The van der Waals surface area contributed by atoms with Gasteiger partial charge in [0.15, 0.2) is 0 Å². The van der Waals surface area contributed by atoms with Gasteiger partial charge in [0.05, 0.1) is 5.56 Å². The summed E-state index contributed by atoms with van der Waals surface area (Å²) >= 11 is 0. The zero-order valence-electron chi connectivity index (χ0n) is 15.0. The molecule has 1 atom stereocenters. The Morgan fingerprint density at radius 2 is 1.90 bits per heavy atom. The smallest absolute Gasteiger partial charge is 0.337 e. The van der Waals surface area contributed by atoms with Crippen LogP contribution in [0.2, 0.25) is 0 Å². The van der Waals surface area contributed by atoms with Crippen LogP contribution in [0.25, 0.3) is 11.4 Å². The van der Waals surface area contributed by atoms with E-state index in [0.29, 0.717) is 6.42 Å². The summed E-state index contributed by atoms with van der Waals surface area (Å²) in [6.45, 7) is 0.241. The maximum atomic E-state index is 13.1. The number of carbonyl (C=O) groups is 1. The molecule has 9 heteroatoms. The lowest BCUT2D eigenvalue weighted by molar-refractivity contribution is -0.137. The standard InChI is InChI=1S/C20H15F4N3O2/c21-15-6-4-12(5-7-15)11-27-16(8-9-17(27)28)19-25-18(26-29-19)13-2-1-3-14(10-13)20(22,23)24/h1-7,10,16H,8-9,11H2. The average molecular weight is 405 g/mol. The largest absolute Gasteiger partial charge is 0.416 e. The number of hydrogen-bond donors (Lipinski definition) is 0. The maximum absolute atomic E-state index is 13.1. The lowest BCUT2D eigenvalue weighted by Gasteiger charge is -2.22. The van der Waals surface area contributed by atoms with E-state index in [2.05, 4.69) is 10.1 Å². The summed E-state index contributed by atoms with van der Waals surface area (Å²) in [5, 5.41) is 3.79. The monoisotopic (exact) mass is 405 g/mol. The number of aromatic nitrogens is 2. The first-order valence-corrected chi connectivity index (χ1v) is 8.86. The molecular weight excluding hydrogens is 390 g/mol. The number of benzene rings is 2. The molecule has 2 aromatic carbocycles. The van der Waals surface area contributed by atoms with E-state index >= 15 is 0 Å². The third-order valence-corrected chi connectivity index (χ3v) is 4.77. The van der Waals surface area contributed by atoms with Gasteiger partial charge in [-0.05, 0) is 36.2 Å². The Hall–Kier alpha value is -3.23. The highest BCUT2D eigenvalue weighted by Crippen LogP contribution is 2.35. The van der Waals surface area contributed by atoms with Crippen molar-refractivity contribution in [2.45, 2.75) is 31.6 Å². The third-order valence-electron chi connectivity index (χ3n) is 4.77. The van der Waals surface area contributed by atoms with Crippen molar-refractivity contribution >= 4 is 5.91 Å². The molecule has 1 unspecified atom stereocenters. The summed E-state index contributed by atoms with van der Waals surface area (Å²) in [7, 11) is 0. The lowest BCUT2D eigenvalue weighted by atomic mass is 10.1. The molecule has 4 rings (SSSR count). The number of likely N-dealkylation sites (tertiary alicyclic amines) is 1. The highest BCUT2D eigenvalue weighted by atomic mass is 19.4. The molecule has 3 aromatic rings. The third kappa shape index (κ3) is 3.98. The van der Waals surface area contributed by atoms with Gasteiger partial charge in [-0.15, -0.1) is 0 Å². The van der Waals surface area contributed by atoms with Crippen LogP contribution in [-0.2, 0) is 17.5 Å². The van der Waals surface area contributed by atoms with Crippen LogP contribution in [0.15, 0.2) is 53.1 Å². The van der Waals surface area contributed by atoms with Crippen molar-refractivity contribution in [3.8, 4) is 11.4 Å². The predicted molar refractivity (Wildman–Crippen MR) is 93.7 cm³/mol. The first-order valence-electron chi connectivity index (χ1n) is 8.86. The van der Waals surface area contributed by atoms with Gasteiger partial charge >= 0.3 is 6.18 Å². The van der Waals surface area contributed by atoms with Crippen molar-refractivity contribution in [2.24, 2.45) is 0 Å². The predicted octanol–water partition coefficient (Wildman–Crippen LogP) is 4.76. The number of halogens is 4. The molecule has 150 valence electrons. The summed E-state index contributed by atoms with van der Waals surface area (Å²) < 4.78 is 57.2. The fraction of sp³-hybridized carbons (Fsp3) is 0.250. The molecule has 1 amide bonds. The van der Waals surface area contributed by atoms with E-state index in [1.165, 1.54) is 24.3 Å². The molecule has 1 aliphatic rings. The summed E-state index contributed by atoms with van der Waals surface area (Å²) in [4.78, 5) is 18.1. The quantitative estimate of drug-likeness (QED) is 0.588. The molecule has 0 spiro atoms. The van der Waals surface area contributed by atoms with E-state index in [1.54, 1.807) is 17.0 Å². The van der Waals surface area contributed by atoms with Gasteiger partial charge < -0.3 is 9.42 Å². The van der Waals surface area contributed by atoms with Crippen LogP contribution in [-0.4, -0.2) is 20.9 Å². The minimum absolute atomic E-state index is 0.0205. The van der Waals surface area contributed by atoms with Crippen molar-refractivity contribution in [1.82, 2.24) is 15.0 Å². The van der Waals surface area contributed by atoms with Gasteiger partial charge in [-0.1, -0.05) is 29.4 Å². The van der Waals surface area contributed by atoms with E-state index in [1.807, 2.05) is 0 Å². The van der Waals surface area contributed by atoms with Crippen LogP contribution in [0.5, 0.6) is 0 Å². The molecule has 0 bridgehead atoms. The molecule has 1 aromatic heterocycles. The van der Waals surface area contributed by atoms with E-state index in [9.17, 15) is 22.4 Å². The first kappa shape index (κ1) is 19.1. The molecule has 1 saturated heterocycles. The van der Waals surface area contributed by atoms with E-state index in [4.69, 9.17) is 4.52 Å². The van der Waals surface area contributed by atoms with Gasteiger partial charge in [-0.25, -0.2) is 4.39 Å². The normalized spacial score (nSPS) is 17.2. The van der Waals surface area contributed by atoms with Gasteiger partial charge in [-0.2, -0.15) is 18.2 Å². The topological polar surface area (TPSA) is 59.2 Å². The number of carbonyl (C=O) groups excluding carboxylic acids is 1. The second-order valence-corrected chi connectivity index (χ2v) is 6.74. The van der Waals surface area contributed by atoms with Crippen molar-refractivity contribution in [3.05, 3.63) is 71.4 Å². The fourth-order valence-corrected chi connectivity index (χ4v) is 3.30. The fourth-order valence-electron chi connectivity index (χ4n) is 3.30. The molecule has 0 saturated carbocycles. The Morgan fingerprint density at radius 3 is 2.62 bits per heavy atom. The Labute approximate surface area is 162 Å². The van der Waals surface area contributed by atoms with Gasteiger partial charge in [0.1, 0.15) is 11.9 Å². The number of nitrogens with zero attached hydrogens (tertiary/aromatic N) is 3. The molecule has 0 N–H and O–H groups in total. The zero-order valence-corrected chi connectivity index (χ0v) is 15.0. The lowest BCUT2D eigenvalue weighted by Crippen LogP contribution is -2.27. The second kappa shape index (κ2) is 7.31. The summed E-state index contributed by atoms with van der Waals surface area (Å²) in [6, 6.07) is 9.94. The molecule has 29 heavy (non-hydrogen) atoms. The molecule has 0 radical (unpaired) electrons. The Kier molecular flexibility index (Phi) is 4.81. The average Bonchev–Trinajstić information content (AvgIpc) is 3.31. The number of amides is 1. The highest BCUT2D eigenvalue weighted by molar-refractivity contribution is 5.78. The molecule has 1 fully saturated rings. The van der Waals surface area contributed by atoms with Crippen LogP contribution < -0.4 is 0 Å². The SMILES string of the molecule is O=C1CCC(c2nc(-c3cccc(C(F)(F)F)c3)no2)N1Cc1ccc(F)cc1. The summed E-state index contributed by atoms with van der Waals surface area (Å²) in [6.07, 6.45) is -3.75. The van der Waals surface area contributed by atoms with Gasteiger partial charge in [0, 0.05) is 18.5 Å². The second-order valence-electron chi connectivity index (χ2n) is 6.74. The number of alkyl halides is 3. The van der Waals surface area contributed by atoms with Crippen molar-refractivity contribution in [2.75, 3.05) is 0 Å². The van der Waals surface area contributed by atoms with Crippen LogP contribution in [0.4, 0.5) is 17.6 Å². The Bertz CT molecular complexity index is 1030. The molecule has 5 nitrogen and oxygen atoms in total. The summed E-state index contributed by atoms with van der Waals surface area (Å²) in [5.41, 5.74) is 0.101. The number of hydrogen-bond acceptors (Lipinski definition) is 4. The molecule has 1 aliphatic heterocycles. The molecule has 2 heterocycles. The first-order chi connectivity index (χ1) is 13.8. The van der Waals surface area contributed by atoms with Crippen molar-refractivity contribution in [1.29, 1.82) is 0 Å². The van der Waals surface area contributed by atoms with Gasteiger partial charge in [0.25, 0.3) is 0 Å². The maximum Gasteiger partial charge on any atom is 0.416 e. The van der Waals surface area contributed by atoms with Crippen molar-refractivity contribution < 1.29 is 26.9 Å². The van der Waals surface area contributed by atoms with Crippen LogP contribution in [0.1, 0.15) is 35.9 Å². The Morgan fingerprint density at radius 1 is 1.14 bits per heavy atom. The van der Waals surface area contributed by atoms with E-state index in [0.717, 1.165) is 17.7 Å². The Balaban J connectivity index is 1.58. The molecule has 0 aliphatic carbocycles. The minimum Gasteiger partial charge on any atom is -0.337 e.